The maximum absolute atomic E-state index is 11.8. The monoisotopic (exact) mass is 191 g/mol. The van der Waals surface area contributed by atoms with E-state index in [1.807, 2.05) is 0 Å². The lowest BCUT2D eigenvalue weighted by Crippen LogP contribution is -2.13. The number of carbonyl (C=O) groups is 1. The molecule has 0 aromatic carbocycles. The largest absolute Gasteiger partial charge is 0.331 e. The molecule has 0 aliphatic carbocycles. The number of aromatic nitrogens is 5. The molecular formula is C8H9N5O. The Balaban J connectivity index is 2.44. The van der Waals surface area contributed by atoms with Gasteiger partial charge in [0.25, 0.3) is 5.78 Å². The summed E-state index contributed by atoms with van der Waals surface area (Å²) in [5.74, 6) is 0.429. The van der Waals surface area contributed by atoms with E-state index in [4.69, 9.17) is 0 Å². The summed E-state index contributed by atoms with van der Waals surface area (Å²) in [5.41, 5.74) is 0. The number of rotatable bonds is 2. The predicted octanol–water partition coefficient (Wildman–Crippen LogP) is -0.220. The molecule has 2 aromatic rings. The second-order valence-electron chi connectivity index (χ2n) is 2.96. The zero-order valence-corrected chi connectivity index (χ0v) is 7.88. The van der Waals surface area contributed by atoms with Crippen molar-refractivity contribution in [2.45, 2.75) is 0 Å². The lowest BCUT2D eigenvalue weighted by Gasteiger charge is -1.99. The number of hydrogen-bond donors (Lipinski definition) is 0. The Morgan fingerprint density at radius 2 is 2.07 bits per heavy atom. The summed E-state index contributed by atoms with van der Waals surface area (Å²) in [4.78, 5) is 15.7. The Hall–Kier alpha value is -1.98. The second-order valence-corrected chi connectivity index (χ2v) is 2.96. The molecule has 0 spiro atoms. The molecule has 0 aliphatic heterocycles. The van der Waals surface area contributed by atoms with E-state index in [2.05, 4.69) is 15.2 Å². The van der Waals surface area contributed by atoms with Crippen LogP contribution in [0.15, 0.2) is 18.7 Å². The molecule has 14 heavy (non-hydrogen) atoms. The van der Waals surface area contributed by atoms with Crippen LogP contribution in [0.1, 0.15) is 16.4 Å². The predicted molar refractivity (Wildman–Crippen MR) is 47.6 cm³/mol. The van der Waals surface area contributed by atoms with Crippen LogP contribution in [0.2, 0.25) is 0 Å². The summed E-state index contributed by atoms with van der Waals surface area (Å²) < 4.78 is 3.22. The Morgan fingerprint density at radius 1 is 1.29 bits per heavy atom. The summed E-state index contributed by atoms with van der Waals surface area (Å²) in [6.45, 7) is 0. The van der Waals surface area contributed by atoms with Gasteiger partial charge in [0.05, 0.1) is 0 Å². The summed E-state index contributed by atoms with van der Waals surface area (Å²) >= 11 is 0. The molecule has 0 saturated heterocycles. The first-order valence-corrected chi connectivity index (χ1v) is 4.06. The highest BCUT2D eigenvalue weighted by Crippen LogP contribution is 2.02. The van der Waals surface area contributed by atoms with E-state index in [1.54, 1.807) is 35.6 Å². The summed E-state index contributed by atoms with van der Waals surface area (Å²) in [6, 6.07) is 0. The molecule has 72 valence electrons. The van der Waals surface area contributed by atoms with Gasteiger partial charge in [-0.2, -0.15) is 0 Å². The topological polar surface area (TPSA) is 65.6 Å². The Bertz CT molecular complexity index is 427. The van der Waals surface area contributed by atoms with E-state index in [0.717, 1.165) is 0 Å². The summed E-state index contributed by atoms with van der Waals surface area (Å²) in [6.07, 6.45) is 4.77. The van der Waals surface area contributed by atoms with E-state index in [-0.39, 0.29) is 5.78 Å². The molecule has 6 heteroatoms. The van der Waals surface area contributed by atoms with Crippen molar-refractivity contribution >= 4 is 5.78 Å². The van der Waals surface area contributed by atoms with Crippen molar-refractivity contribution in [1.29, 1.82) is 0 Å². The third-order valence-electron chi connectivity index (χ3n) is 1.94. The van der Waals surface area contributed by atoms with Crippen LogP contribution < -0.4 is 0 Å². The number of carbonyl (C=O) groups excluding carboxylic acids is 1. The molecule has 6 nitrogen and oxygen atoms in total. The highest BCUT2D eigenvalue weighted by Gasteiger charge is 2.18. The molecule has 0 fully saturated rings. The average molecular weight is 191 g/mol. The van der Waals surface area contributed by atoms with Gasteiger partial charge in [-0.3, -0.25) is 4.79 Å². The van der Waals surface area contributed by atoms with Gasteiger partial charge in [0, 0.05) is 26.5 Å². The molecule has 2 heterocycles. The summed E-state index contributed by atoms with van der Waals surface area (Å²) in [5, 5.41) is 7.36. The average Bonchev–Trinajstić information content (AvgIpc) is 2.73. The minimum atomic E-state index is -0.225. The van der Waals surface area contributed by atoms with E-state index in [1.165, 1.54) is 6.33 Å². The normalized spacial score (nSPS) is 10.4. The molecule has 0 bridgehead atoms. The van der Waals surface area contributed by atoms with Gasteiger partial charge < -0.3 is 9.13 Å². The van der Waals surface area contributed by atoms with Crippen LogP contribution in [0, 0.1) is 0 Å². The fourth-order valence-electron chi connectivity index (χ4n) is 1.17. The fourth-order valence-corrected chi connectivity index (χ4v) is 1.17. The van der Waals surface area contributed by atoms with Crippen LogP contribution in [0.25, 0.3) is 0 Å². The molecule has 0 saturated carbocycles. The quantitative estimate of drug-likeness (QED) is 0.615. The van der Waals surface area contributed by atoms with Gasteiger partial charge in [-0.1, -0.05) is 0 Å². The maximum Gasteiger partial charge on any atom is 0.265 e. The molecule has 0 radical (unpaired) electrons. The van der Waals surface area contributed by atoms with Gasteiger partial charge in [0.15, 0.2) is 5.82 Å². The minimum absolute atomic E-state index is 0.225. The fraction of sp³-hybridized carbons (Fsp3) is 0.250. The van der Waals surface area contributed by atoms with Crippen LogP contribution in [-0.2, 0) is 14.1 Å². The van der Waals surface area contributed by atoms with Crippen molar-refractivity contribution in [3.63, 3.8) is 0 Å². The Kier molecular flexibility index (Phi) is 1.88. The number of imidazole rings is 1. The standard InChI is InChI=1S/C8H9N5O/c1-12-4-3-9-7(12)6(14)8-11-10-5-13(8)2/h3-5H,1-2H3. The zero-order valence-electron chi connectivity index (χ0n) is 7.88. The Labute approximate surface area is 80.2 Å². The first-order valence-electron chi connectivity index (χ1n) is 4.06. The van der Waals surface area contributed by atoms with Crippen LogP contribution in [-0.4, -0.2) is 30.1 Å². The van der Waals surface area contributed by atoms with Gasteiger partial charge in [-0.05, 0) is 0 Å². The number of hydrogen-bond acceptors (Lipinski definition) is 4. The van der Waals surface area contributed by atoms with Crippen molar-refractivity contribution in [2.75, 3.05) is 0 Å². The highest BCUT2D eigenvalue weighted by atomic mass is 16.1. The minimum Gasteiger partial charge on any atom is -0.331 e. The lowest BCUT2D eigenvalue weighted by atomic mass is 10.3. The van der Waals surface area contributed by atoms with E-state index >= 15 is 0 Å². The van der Waals surface area contributed by atoms with Gasteiger partial charge >= 0.3 is 0 Å². The molecule has 0 N–H and O–H groups in total. The van der Waals surface area contributed by atoms with Crippen molar-refractivity contribution in [3.8, 4) is 0 Å². The van der Waals surface area contributed by atoms with Gasteiger partial charge in [-0.25, -0.2) is 4.98 Å². The van der Waals surface area contributed by atoms with Crippen LogP contribution in [0.4, 0.5) is 0 Å². The first-order chi connectivity index (χ1) is 6.70. The van der Waals surface area contributed by atoms with Crippen molar-refractivity contribution in [1.82, 2.24) is 24.3 Å². The van der Waals surface area contributed by atoms with Gasteiger partial charge in [0.1, 0.15) is 6.33 Å². The molecule has 0 amide bonds. The Morgan fingerprint density at radius 3 is 2.57 bits per heavy atom. The maximum atomic E-state index is 11.8. The van der Waals surface area contributed by atoms with E-state index in [0.29, 0.717) is 11.6 Å². The van der Waals surface area contributed by atoms with Gasteiger partial charge in [-0.15, -0.1) is 10.2 Å². The molecule has 2 rings (SSSR count). The van der Waals surface area contributed by atoms with Crippen molar-refractivity contribution in [3.05, 3.63) is 30.4 Å². The van der Waals surface area contributed by atoms with Crippen molar-refractivity contribution < 1.29 is 4.79 Å². The lowest BCUT2D eigenvalue weighted by molar-refractivity contribution is 0.101. The second kappa shape index (κ2) is 3.06. The number of ketones is 1. The third kappa shape index (κ3) is 1.20. The van der Waals surface area contributed by atoms with Crippen LogP contribution >= 0.6 is 0 Å². The van der Waals surface area contributed by atoms with Gasteiger partial charge in [0.2, 0.25) is 5.82 Å². The highest BCUT2D eigenvalue weighted by molar-refractivity contribution is 6.04. The van der Waals surface area contributed by atoms with Crippen LogP contribution in [0.5, 0.6) is 0 Å². The van der Waals surface area contributed by atoms with Crippen molar-refractivity contribution in [2.24, 2.45) is 14.1 Å². The SMILES string of the molecule is Cn1ccnc1C(=O)c1nncn1C. The third-order valence-corrected chi connectivity index (χ3v) is 1.94. The summed E-state index contributed by atoms with van der Waals surface area (Å²) in [7, 11) is 3.48. The molecule has 0 unspecified atom stereocenters. The number of nitrogens with zero attached hydrogens (tertiary/aromatic N) is 5. The van der Waals surface area contributed by atoms with Crippen LogP contribution in [0.3, 0.4) is 0 Å². The number of aryl methyl sites for hydroxylation is 2. The molecule has 2 aromatic heterocycles. The van der Waals surface area contributed by atoms with E-state index < -0.39 is 0 Å². The first kappa shape index (κ1) is 8.61. The molecule has 0 atom stereocenters. The van der Waals surface area contributed by atoms with E-state index in [9.17, 15) is 4.79 Å². The zero-order chi connectivity index (χ0) is 10.1. The molecule has 0 aliphatic rings. The molecular weight excluding hydrogens is 182 g/mol. The smallest absolute Gasteiger partial charge is 0.265 e.